The number of ether oxygens (including phenoxy) is 1. The Morgan fingerprint density at radius 1 is 1.56 bits per heavy atom. The van der Waals surface area contributed by atoms with Crippen LogP contribution in [0.15, 0.2) is 22.7 Å². The second-order valence-electron chi connectivity index (χ2n) is 4.49. The number of aliphatic carboxylic acids is 1. The molecule has 2 rings (SSSR count). The highest BCUT2D eigenvalue weighted by Gasteiger charge is 2.28. The molecule has 18 heavy (non-hydrogen) atoms. The Morgan fingerprint density at radius 3 is 2.94 bits per heavy atom. The zero-order valence-electron chi connectivity index (χ0n) is 10.1. The van der Waals surface area contributed by atoms with Crippen molar-refractivity contribution in [2.45, 2.75) is 31.3 Å². The fourth-order valence-corrected chi connectivity index (χ4v) is 2.68. The van der Waals surface area contributed by atoms with E-state index in [4.69, 9.17) is 9.84 Å². The van der Waals surface area contributed by atoms with Gasteiger partial charge in [0.05, 0.1) is 7.11 Å². The Bertz CT molecular complexity index is 450. The van der Waals surface area contributed by atoms with E-state index in [2.05, 4.69) is 21.2 Å². The van der Waals surface area contributed by atoms with Crippen LogP contribution >= 0.6 is 15.9 Å². The first-order valence-corrected chi connectivity index (χ1v) is 6.70. The third kappa shape index (κ3) is 3.03. The van der Waals surface area contributed by atoms with Crippen molar-refractivity contribution < 1.29 is 14.6 Å². The van der Waals surface area contributed by atoms with Gasteiger partial charge >= 0.3 is 5.97 Å². The third-order valence-corrected chi connectivity index (χ3v) is 4.03. The molecule has 1 aliphatic heterocycles. The molecular weight excluding hydrogens is 298 g/mol. The molecule has 0 amide bonds. The summed E-state index contributed by atoms with van der Waals surface area (Å²) in [6.07, 6.45) is 2.39. The molecule has 0 bridgehead atoms. The average Bonchev–Trinajstić information content (AvgIpc) is 2.81. The summed E-state index contributed by atoms with van der Waals surface area (Å²) in [7, 11) is 1.64. The zero-order chi connectivity index (χ0) is 13.1. The number of carbonyl (C=O) groups is 1. The summed E-state index contributed by atoms with van der Waals surface area (Å²) >= 11 is 3.51. The smallest absolute Gasteiger partial charge is 0.320 e. The van der Waals surface area contributed by atoms with Crippen molar-refractivity contribution in [3.05, 3.63) is 28.2 Å². The highest BCUT2D eigenvalue weighted by Crippen LogP contribution is 2.26. The zero-order valence-corrected chi connectivity index (χ0v) is 11.7. The van der Waals surface area contributed by atoms with Crippen LogP contribution in [0.2, 0.25) is 0 Å². The highest BCUT2D eigenvalue weighted by atomic mass is 79.9. The van der Waals surface area contributed by atoms with Crippen molar-refractivity contribution in [3.63, 3.8) is 0 Å². The van der Waals surface area contributed by atoms with Gasteiger partial charge in [0.15, 0.2) is 0 Å². The van der Waals surface area contributed by atoms with E-state index < -0.39 is 12.0 Å². The summed E-state index contributed by atoms with van der Waals surface area (Å²) < 4.78 is 6.23. The van der Waals surface area contributed by atoms with Crippen molar-refractivity contribution in [2.75, 3.05) is 7.11 Å². The minimum Gasteiger partial charge on any atom is -0.497 e. The van der Waals surface area contributed by atoms with Crippen molar-refractivity contribution >= 4 is 21.9 Å². The molecule has 5 heteroatoms. The van der Waals surface area contributed by atoms with Gasteiger partial charge in [-0.2, -0.15) is 0 Å². The number of hydrogen-bond donors (Lipinski definition) is 2. The second-order valence-corrected chi connectivity index (χ2v) is 5.35. The van der Waals surface area contributed by atoms with Gasteiger partial charge in [-0.1, -0.05) is 15.9 Å². The number of methoxy groups -OCH3 is 1. The van der Waals surface area contributed by atoms with Gasteiger partial charge in [-0.3, -0.25) is 4.79 Å². The summed E-state index contributed by atoms with van der Waals surface area (Å²) in [6.45, 7) is 0. The molecule has 1 fully saturated rings. The van der Waals surface area contributed by atoms with Crippen molar-refractivity contribution in [3.8, 4) is 5.75 Å². The number of carboxylic acid groups (broad SMARTS) is 1. The van der Waals surface area contributed by atoms with E-state index in [9.17, 15) is 4.79 Å². The largest absolute Gasteiger partial charge is 0.497 e. The summed E-state index contributed by atoms with van der Waals surface area (Å²) in [6, 6.07) is 5.65. The van der Waals surface area contributed by atoms with Gasteiger partial charge in [-0.15, -0.1) is 0 Å². The first-order chi connectivity index (χ1) is 8.60. The molecule has 0 radical (unpaired) electrons. The standard InChI is InChI=1S/C13H16BrNO3/c1-18-10-3-4-11(14)8(7-10)6-9-2-5-12(15-9)13(16)17/h3-4,7,9,12,15H,2,5-6H2,1H3,(H,16,17). The summed E-state index contributed by atoms with van der Waals surface area (Å²) in [5.74, 6) is 0.0585. The lowest BCUT2D eigenvalue weighted by atomic mass is 10.0. The second kappa shape index (κ2) is 5.71. The minimum atomic E-state index is -0.762. The molecule has 0 spiro atoms. The third-order valence-electron chi connectivity index (χ3n) is 3.26. The lowest BCUT2D eigenvalue weighted by Gasteiger charge is -2.14. The number of nitrogens with one attached hydrogen (secondary N) is 1. The van der Waals surface area contributed by atoms with Crippen LogP contribution < -0.4 is 10.1 Å². The fraction of sp³-hybridized carbons (Fsp3) is 0.462. The van der Waals surface area contributed by atoms with Crippen molar-refractivity contribution in [1.82, 2.24) is 5.32 Å². The summed E-state index contributed by atoms with van der Waals surface area (Å²) in [5, 5.41) is 12.1. The molecule has 0 aliphatic carbocycles. The summed E-state index contributed by atoms with van der Waals surface area (Å²) in [4.78, 5) is 10.9. The van der Waals surface area contributed by atoms with Crippen molar-refractivity contribution in [2.24, 2.45) is 0 Å². The molecule has 4 nitrogen and oxygen atoms in total. The predicted molar refractivity (Wildman–Crippen MR) is 72.0 cm³/mol. The molecule has 0 aromatic heterocycles. The molecule has 2 N–H and O–H groups in total. The number of carboxylic acids is 1. The predicted octanol–water partition coefficient (Wildman–Crippen LogP) is 2.21. The molecule has 1 heterocycles. The average molecular weight is 314 g/mol. The lowest BCUT2D eigenvalue weighted by molar-refractivity contribution is -0.139. The molecular formula is C13H16BrNO3. The Labute approximate surface area is 114 Å². The van der Waals surface area contributed by atoms with Crippen molar-refractivity contribution in [1.29, 1.82) is 0 Å². The molecule has 2 unspecified atom stereocenters. The van der Waals surface area contributed by atoms with Crippen LogP contribution in [-0.2, 0) is 11.2 Å². The maximum absolute atomic E-state index is 10.9. The van der Waals surface area contributed by atoms with Crippen LogP contribution in [-0.4, -0.2) is 30.3 Å². The minimum absolute atomic E-state index is 0.217. The van der Waals surface area contributed by atoms with E-state index in [0.29, 0.717) is 6.42 Å². The van der Waals surface area contributed by atoms with Gasteiger partial charge in [-0.25, -0.2) is 0 Å². The van der Waals surface area contributed by atoms with Gasteiger partial charge in [0, 0.05) is 10.5 Å². The molecule has 1 aromatic carbocycles. The fourth-order valence-electron chi connectivity index (χ4n) is 2.27. The number of halogens is 1. The topological polar surface area (TPSA) is 58.6 Å². The Hall–Kier alpha value is -1.07. The summed E-state index contributed by atoms with van der Waals surface area (Å²) in [5.41, 5.74) is 1.14. The number of benzene rings is 1. The van der Waals surface area contributed by atoms with Crippen LogP contribution in [0.1, 0.15) is 18.4 Å². The van der Waals surface area contributed by atoms with Gasteiger partial charge < -0.3 is 15.2 Å². The normalized spacial score (nSPS) is 23.0. The first kappa shape index (κ1) is 13.4. The van der Waals surface area contributed by atoms with Crippen LogP contribution in [0.25, 0.3) is 0 Å². The monoisotopic (exact) mass is 313 g/mol. The maximum atomic E-state index is 10.9. The SMILES string of the molecule is COc1ccc(Br)c(CC2CCC(C(=O)O)N2)c1. The molecule has 0 saturated carbocycles. The van der Waals surface area contributed by atoms with Crippen LogP contribution in [0.4, 0.5) is 0 Å². The number of rotatable bonds is 4. The van der Waals surface area contributed by atoms with Gasteiger partial charge in [0.1, 0.15) is 11.8 Å². The Balaban J connectivity index is 2.04. The Kier molecular flexibility index (Phi) is 4.24. The van der Waals surface area contributed by atoms with E-state index in [-0.39, 0.29) is 6.04 Å². The first-order valence-electron chi connectivity index (χ1n) is 5.91. The maximum Gasteiger partial charge on any atom is 0.320 e. The molecule has 1 saturated heterocycles. The van der Waals surface area contributed by atoms with Crippen LogP contribution in [0, 0.1) is 0 Å². The van der Waals surface area contributed by atoms with Crippen LogP contribution in [0.3, 0.4) is 0 Å². The van der Waals surface area contributed by atoms with Gasteiger partial charge in [-0.05, 0) is 43.0 Å². The van der Waals surface area contributed by atoms with E-state index >= 15 is 0 Å². The lowest BCUT2D eigenvalue weighted by Crippen LogP contribution is -2.36. The van der Waals surface area contributed by atoms with Gasteiger partial charge in [0.2, 0.25) is 0 Å². The quantitative estimate of drug-likeness (QED) is 0.894. The van der Waals surface area contributed by atoms with Gasteiger partial charge in [0.25, 0.3) is 0 Å². The highest BCUT2D eigenvalue weighted by molar-refractivity contribution is 9.10. The number of hydrogen-bond acceptors (Lipinski definition) is 3. The van der Waals surface area contributed by atoms with E-state index in [1.807, 2.05) is 18.2 Å². The van der Waals surface area contributed by atoms with E-state index in [1.165, 1.54) is 0 Å². The van der Waals surface area contributed by atoms with E-state index in [1.54, 1.807) is 7.11 Å². The molecule has 1 aromatic rings. The molecule has 2 atom stereocenters. The van der Waals surface area contributed by atoms with E-state index in [0.717, 1.165) is 28.6 Å². The Morgan fingerprint density at radius 2 is 2.33 bits per heavy atom. The molecule has 1 aliphatic rings. The van der Waals surface area contributed by atoms with Crippen LogP contribution in [0.5, 0.6) is 5.75 Å². The molecule has 98 valence electrons.